The summed E-state index contributed by atoms with van der Waals surface area (Å²) in [5, 5.41) is 6.71. The average molecular weight is 387 g/mol. The van der Waals surface area contributed by atoms with E-state index in [2.05, 4.69) is 10.5 Å². The van der Waals surface area contributed by atoms with E-state index in [-0.39, 0.29) is 18.4 Å². The Bertz CT molecular complexity index is 842. The molecule has 28 heavy (non-hydrogen) atoms. The van der Waals surface area contributed by atoms with Crippen molar-refractivity contribution in [1.82, 2.24) is 10.1 Å². The molecule has 8 heteroatoms. The molecule has 2 amide bonds. The van der Waals surface area contributed by atoms with Gasteiger partial charge < -0.3 is 24.2 Å². The largest absolute Gasteiger partial charge is 0.486 e. The van der Waals surface area contributed by atoms with E-state index in [0.717, 1.165) is 17.0 Å². The molecule has 8 nitrogen and oxygen atoms in total. The summed E-state index contributed by atoms with van der Waals surface area (Å²) in [6.07, 6.45) is 0.842. The topological polar surface area (TPSA) is 93.9 Å². The van der Waals surface area contributed by atoms with Crippen LogP contribution in [0.25, 0.3) is 0 Å². The van der Waals surface area contributed by atoms with Crippen LogP contribution in [0.15, 0.2) is 22.7 Å². The Morgan fingerprint density at radius 1 is 1.18 bits per heavy atom. The zero-order chi connectivity index (χ0) is 20.1. The number of carbonyl (C=O) groups excluding carboxylic acids is 2. The summed E-state index contributed by atoms with van der Waals surface area (Å²) in [5.41, 5.74) is 2.35. The molecule has 2 aromatic rings. The van der Waals surface area contributed by atoms with Gasteiger partial charge >= 0.3 is 0 Å². The van der Waals surface area contributed by atoms with Gasteiger partial charge in [0.2, 0.25) is 11.8 Å². The van der Waals surface area contributed by atoms with Crippen molar-refractivity contribution in [2.75, 3.05) is 31.6 Å². The van der Waals surface area contributed by atoms with E-state index < -0.39 is 0 Å². The van der Waals surface area contributed by atoms with E-state index in [4.69, 9.17) is 14.0 Å². The Kier molecular flexibility index (Phi) is 6.18. The first-order valence-corrected chi connectivity index (χ1v) is 9.37. The molecule has 0 bridgehead atoms. The van der Waals surface area contributed by atoms with Crippen molar-refractivity contribution in [3.05, 3.63) is 35.2 Å². The molecular formula is C20H25N3O5. The number of aromatic nitrogens is 1. The number of amides is 2. The first-order valence-electron chi connectivity index (χ1n) is 9.37. The summed E-state index contributed by atoms with van der Waals surface area (Å²) in [4.78, 5) is 26.5. The van der Waals surface area contributed by atoms with Gasteiger partial charge in [0.15, 0.2) is 11.5 Å². The molecular weight excluding hydrogens is 362 g/mol. The van der Waals surface area contributed by atoms with Gasteiger partial charge in [0.25, 0.3) is 0 Å². The number of nitrogens with one attached hydrogen (secondary N) is 1. The number of benzene rings is 1. The molecule has 0 saturated carbocycles. The smallest absolute Gasteiger partial charge is 0.243 e. The second-order valence-electron chi connectivity index (χ2n) is 6.62. The maximum atomic E-state index is 12.5. The van der Waals surface area contributed by atoms with E-state index in [1.54, 1.807) is 18.2 Å². The molecule has 2 heterocycles. The number of carbonyl (C=O) groups is 2. The Morgan fingerprint density at radius 2 is 1.93 bits per heavy atom. The molecule has 3 rings (SSSR count). The number of likely N-dealkylation sites (N-methyl/N-ethyl adjacent to an activating group) is 1. The number of hydrogen-bond donors (Lipinski definition) is 1. The van der Waals surface area contributed by atoms with Crippen molar-refractivity contribution >= 4 is 17.5 Å². The molecule has 0 spiro atoms. The van der Waals surface area contributed by atoms with E-state index in [1.165, 1.54) is 4.90 Å². The zero-order valence-electron chi connectivity index (χ0n) is 16.4. The highest BCUT2D eigenvalue weighted by Crippen LogP contribution is 2.32. The summed E-state index contributed by atoms with van der Waals surface area (Å²) in [6.45, 7) is 6.98. The Hall–Kier alpha value is -3.03. The third-order valence-electron chi connectivity index (χ3n) is 4.66. The molecule has 0 unspecified atom stereocenters. The third-order valence-corrected chi connectivity index (χ3v) is 4.66. The van der Waals surface area contributed by atoms with Crippen molar-refractivity contribution in [3.8, 4) is 11.5 Å². The molecule has 1 N–H and O–H groups in total. The van der Waals surface area contributed by atoms with Gasteiger partial charge in [-0.25, -0.2) is 0 Å². The maximum absolute atomic E-state index is 12.5. The molecule has 0 fully saturated rings. The third kappa shape index (κ3) is 4.62. The van der Waals surface area contributed by atoms with Gasteiger partial charge in [-0.05, 0) is 39.3 Å². The number of hydrogen-bond acceptors (Lipinski definition) is 6. The van der Waals surface area contributed by atoms with Gasteiger partial charge in [0.05, 0.1) is 12.2 Å². The van der Waals surface area contributed by atoms with Crippen molar-refractivity contribution in [2.45, 2.75) is 33.6 Å². The van der Waals surface area contributed by atoms with Crippen LogP contribution < -0.4 is 14.8 Å². The Labute approximate surface area is 163 Å². The van der Waals surface area contributed by atoms with E-state index in [0.29, 0.717) is 49.8 Å². The van der Waals surface area contributed by atoms with Crippen LogP contribution in [0.4, 0.5) is 5.69 Å². The Morgan fingerprint density at radius 3 is 2.61 bits per heavy atom. The van der Waals surface area contributed by atoms with Gasteiger partial charge in [0, 0.05) is 30.3 Å². The SMILES string of the molecule is CCN(CC(=O)Nc1ccc2c(c1)OCCO2)C(=O)CCc1c(C)noc1C. The first kappa shape index (κ1) is 19.7. The molecule has 1 aliphatic rings. The van der Waals surface area contributed by atoms with E-state index in [9.17, 15) is 9.59 Å². The van der Waals surface area contributed by atoms with Gasteiger partial charge in [-0.15, -0.1) is 0 Å². The van der Waals surface area contributed by atoms with E-state index >= 15 is 0 Å². The fraction of sp³-hybridized carbons (Fsp3) is 0.450. The molecule has 0 radical (unpaired) electrons. The summed E-state index contributed by atoms with van der Waals surface area (Å²) in [5.74, 6) is 1.65. The minimum atomic E-state index is -0.260. The molecule has 1 aliphatic heterocycles. The van der Waals surface area contributed by atoms with Crippen molar-refractivity contribution in [3.63, 3.8) is 0 Å². The lowest BCUT2D eigenvalue weighted by Gasteiger charge is -2.21. The maximum Gasteiger partial charge on any atom is 0.243 e. The molecule has 1 aromatic carbocycles. The molecule has 150 valence electrons. The average Bonchev–Trinajstić information content (AvgIpc) is 3.01. The monoisotopic (exact) mass is 387 g/mol. The fourth-order valence-electron chi connectivity index (χ4n) is 3.12. The number of anilines is 1. The highest BCUT2D eigenvalue weighted by atomic mass is 16.6. The predicted octanol–water partition coefficient (Wildman–Crippen LogP) is 2.48. The lowest BCUT2D eigenvalue weighted by molar-refractivity contribution is -0.134. The lowest BCUT2D eigenvalue weighted by atomic mass is 10.1. The predicted molar refractivity (Wildman–Crippen MR) is 103 cm³/mol. The molecule has 0 saturated heterocycles. The van der Waals surface area contributed by atoms with Gasteiger partial charge in [0.1, 0.15) is 19.0 Å². The van der Waals surface area contributed by atoms with Crippen LogP contribution in [0, 0.1) is 13.8 Å². The van der Waals surface area contributed by atoms with Crippen LogP contribution >= 0.6 is 0 Å². The fourth-order valence-corrected chi connectivity index (χ4v) is 3.12. The highest BCUT2D eigenvalue weighted by molar-refractivity contribution is 5.94. The highest BCUT2D eigenvalue weighted by Gasteiger charge is 2.18. The zero-order valence-corrected chi connectivity index (χ0v) is 16.4. The number of aryl methyl sites for hydroxylation is 2. The minimum absolute atomic E-state index is 0.00856. The van der Waals surface area contributed by atoms with Crippen LogP contribution in [0.2, 0.25) is 0 Å². The lowest BCUT2D eigenvalue weighted by Crippen LogP contribution is -2.38. The summed E-state index contributed by atoms with van der Waals surface area (Å²) in [7, 11) is 0. The number of rotatable bonds is 7. The Balaban J connectivity index is 1.54. The summed E-state index contributed by atoms with van der Waals surface area (Å²) >= 11 is 0. The van der Waals surface area contributed by atoms with E-state index in [1.807, 2.05) is 20.8 Å². The number of fused-ring (bicyclic) bond motifs is 1. The second-order valence-corrected chi connectivity index (χ2v) is 6.62. The normalized spacial score (nSPS) is 12.5. The van der Waals surface area contributed by atoms with Crippen molar-refractivity contribution < 1.29 is 23.6 Å². The number of ether oxygens (including phenoxy) is 2. The molecule has 1 aromatic heterocycles. The van der Waals surface area contributed by atoms with Crippen LogP contribution in [0.3, 0.4) is 0 Å². The van der Waals surface area contributed by atoms with Crippen molar-refractivity contribution in [2.24, 2.45) is 0 Å². The minimum Gasteiger partial charge on any atom is -0.486 e. The van der Waals surface area contributed by atoms with Gasteiger partial charge in [-0.3, -0.25) is 9.59 Å². The summed E-state index contributed by atoms with van der Waals surface area (Å²) in [6, 6.07) is 5.24. The quantitative estimate of drug-likeness (QED) is 0.784. The first-order chi connectivity index (χ1) is 13.5. The summed E-state index contributed by atoms with van der Waals surface area (Å²) < 4.78 is 16.1. The second kappa shape index (κ2) is 8.77. The van der Waals surface area contributed by atoms with Gasteiger partial charge in [-0.1, -0.05) is 5.16 Å². The standard InChI is InChI=1S/C20H25N3O5/c1-4-23(20(25)8-6-16-13(2)22-28-14(16)3)12-19(24)21-15-5-7-17-18(11-15)27-10-9-26-17/h5,7,11H,4,6,8-10,12H2,1-3H3,(H,21,24). The number of nitrogens with zero attached hydrogens (tertiary/aromatic N) is 2. The van der Waals surface area contributed by atoms with Gasteiger partial charge in [-0.2, -0.15) is 0 Å². The van der Waals surface area contributed by atoms with Crippen LogP contribution in [-0.4, -0.2) is 48.2 Å². The molecule has 0 aliphatic carbocycles. The molecule has 0 atom stereocenters. The van der Waals surface area contributed by atoms with Crippen LogP contribution in [-0.2, 0) is 16.0 Å². The van der Waals surface area contributed by atoms with Crippen LogP contribution in [0.1, 0.15) is 30.4 Å². The van der Waals surface area contributed by atoms with Crippen LogP contribution in [0.5, 0.6) is 11.5 Å². The van der Waals surface area contributed by atoms with Crippen molar-refractivity contribution in [1.29, 1.82) is 0 Å².